The van der Waals surface area contributed by atoms with Crippen molar-refractivity contribution in [2.45, 2.75) is 52.5 Å². The van der Waals surface area contributed by atoms with Crippen LogP contribution in [0.3, 0.4) is 0 Å². The predicted octanol–water partition coefficient (Wildman–Crippen LogP) is 2.48. The molecule has 0 bridgehead atoms. The molecule has 2 atom stereocenters. The first kappa shape index (κ1) is 13.0. The smallest absolute Gasteiger partial charge is 0.00694 e. The maximum Gasteiger partial charge on any atom is 0.00694 e. The van der Waals surface area contributed by atoms with Crippen molar-refractivity contribution in [3.05, 3.63) is 0 Å². The van der Waals surface area contributed by atoms with Gasteiger partial charge in [-0.05, 0) is 57.5 Å². The van der Waals surface area contributed by atoms with Gasteiger partial charge in [-0.15, -0.1) is 0 Å². The summed E-state index contributed by atoms with van der Waals surface area (Å²) in [4.78, 5) is 2.67. The Labute approximate surface area is 95.2 Å². The summed E-state index contributed by atoms with van der Waals surface area (Å²) in [6.07, 6.45) is 5.30. The molecule has 0 aliphatic carbocycles. The lowest BCUT2D eigenvalue weighted by Gasteiger charge is -2.37. The van der Waals surface area contributed by atoms with Gasteiger partial charge >= 0.3 is 0 Å². The zero-order valence-corrected chi connectivity index (χ0v) is 10.7. The highest BCUT2D eigenvalue weighted by molar-refractivity contribution is 4.77. The van der Waals surface area contributed by atoms with Crippen molar-refractivity contribution in [2.24, 2.45) is 17.6 Å². The molecule has 2 heteroatoms. The molecule has 1 aliphatic heterocycles. The first-order valence-electron chi connectivity index (χ1n) is 6.57. The fourth-order valence-electron chi connectivity index (χ4n) is 2.80. The molecule has 0 spiro atoms. The highest BCUT2D eigenvalue weighted by Gasteiger charge is 2.23. The van der Waals surface area contributed by atoms with Crippen LogP contribution in [0, 0.1) is 11.8 Å². The third-order valence-electron chi connectivity index (χ3n) is 3.56. The third-order valence-corrected chi connectivity index (χ3v) is 3.56. The molecular weight excluding hydrogens is 184 g/mol. The second-order valence-corrected chi connectivity index (χ2v) is 5.56. The summed E-state index contributed by atoms with van der Waals surface area (Å²) >= 11 is 0. The van der Waals surface area contributed by atoms with Gasteiger partial charge in [0.25, 0.3) is 0 Å². The fourth-order valence-corrected chi connectivity index (χ4v) is 2.80. The van der Waals surface area contributed by atoms with Gasteiger partial charge in [-0.25, -0.2) is 0 Å². The molecule has 0 aromatic carbocycles. The van der Waals surface area contributed by atoms with Crippen LogP contribution in [0.2, 0.25) is 0 Å². The van der Waals surface area contributed by atoms with Crippen LogP contribution < -0.4 is 5.73 Å². The van der Waals surface area contributed by atoms with E-state index in [1.165, 1.54) is 38.8 Å². The lowest BCUT2D eigenvalue weighted by atomic mass is 9.92. The highest BCUT2D eigenvalue weighted by atomic mass is 15.2. The summed E-state index contributed by atoms with van der Waals surface area (Å²) in [6.45, 7) is 10.5. The zero-order valence-electron chi connectivity index (χ0n) is 10.7. The Morgan fingerprint density at radius 1 is 1.33 bits per heavy atom. The second-order valence-electron chi connectivity index (χ2n) is 5.56. The fraction of sp³-hybridized carbons (Fsp3) is 1.00. The lowest BCUT2D eigenvalue weighted by molar-refractivity contribution is 0.116. The molecule has 1 rings (SSSR count). The van der Waals surface area contributed by atoms with Gasteiger partial charge in [-0.2, -0.15) is 0 Å². The van der Waals surface area contributed by atoms with Crippen LogP contribution in [0.5, 0.6) is 0 Å². The van der Waals surface area contributed by atoms with Gasteiger partial charge in [0.15, 0.2) is 0 Å². The zero-order chi connectivity index (χ0) is 11.3. The van der Waals surface area contributed by atoms with Crippen LogP contribution in [-0.4, -0.2) is 30.6 Å². The molecule has 1 fully saturated rings. The van der Waals surface area contributed by atoms with Gasteiger partial charge in [-0.1, -0.05) is 13.8 Å². The second kappa shape index (κ2) is 6.49. The van der Waals surface area contributed by atoms with Gasteiger partial charge in [-0.3, -0.25) is 0 Å². The first-order valence-corrected chi connectivity index (χ1v) is 6.57. The molecule has 2 nitrogen and oxygen atoms in total. The molecule has 2 unspecified atom stereocenters. The van der Waals surface area contributed by atoms with Crippen molar-refractivity contribution < 1.29 is 0 Å². The predicted molar refractivity (Wildman–Crippen MR) is 66.9 cm³/mol. The van der Waals surface area contributed by atoms with Crippen molar-refractivity contribution in [2.75, 3.05) is 19.6 Å². The van der Waals surface area contributed by atoms with Crippen molar-refractivity contribution in [3.63, 3.8) is 0 Å². The Morgan fingerprint density at radius 2 is 2.07 bits per heavy atom. The van der Waals surface area contributed by atoms with E-state index < -0.39 is 0 Å². The number of likely N-dealkylation sites (tertiary alicyclic amines) is 1. The van der Waals surface area contributed by atoms with Gasteiger partial charge in [0.05, 0.1) is 0 Å². The van der Waals surface area contributed by atoms with Gasteiger partial charge < -0.3 is 10.6 Å². The number of piperidine rings is 1. The summed E-state index contributed by atoms with van der Waals surface area (Å²) in [5, 5.41) is 0. The van der Waals surface area contributed by atoms with Crippen molar-refractivity contribution >= 4 is 0 Å². The van der Waals surface area contributed by atoms with Gasteiger partial charge in [0, 0.05) is 12.6 Å². The summed E-state index contributed by atoms with van der Waals surface area (Å²) in [5.41, 5.74) is 5.64. The molecule has 15 heavy (non-hydrogen) atoms. The third kappa shape index (κ3) is 4.52. The Balaban J connectivity index is 2.34. The molecule has 0 aromatic heterocycles. The molecule has 0 aromatic rings. The normalized spacial score (nSPS) is 25.8. The van der Waals surface area contributed by atoms with E-state index in [0.717, 1.165) is 24.4 Å². The number of rotatable bonds is 5. The van der Waals surface area contributed by atoms with E-state index in [1.807, 2.05) is 0 Å². The van der Waals surface area contributed by atoms with Crippen LogP contribution in [0.1, 0.15) is 46.5 Å². The topological polar surface area (TPSA) is 29.3 Å². The quantitative estimate of drug-likeness (QED) is 0.758. The summed E-state index contributed by atoms with van der Waals surface area (Å²) in [6, 6.07) is 0.755. The van der Waals surface area contributed by atoms with E-state index in [1.54, 1.807) is 0 Å². The minimum atomic E-state index is 0.755. The molecule has 0 amide bonds. The number of nitrogens with zero attached hydrogens (tertiary/aromatic N) is 1. The van der Waals surface area contributed by atoms with Crippen LogP contribution in [0.4, 0.5) is 0 Å². The van der Waals surface area contributed by atoms with Crippen LogP contribution in [-0.2, 0) is 0 Å². The van der Waals surface area contributed by atoms with Crippen LogP contribution in [0.25, 0.3) is 0 Å². The maximum absolute atomic E-state index is 5.64. The van der Waals surface area contributed by atoms with Crippen LogP contribution >= 0.6 is 0 Å². The molecule has 2 N–H and O–H groups in total. The molecule has 1 aliphatic rings. The SMILES string of the molecule is CC(C)CC(C)N1CCCC(CCN)C1. The van der Waals surface area contributed by atoms with Crippen molar-refractivity contribution in [3.8, 4) is 0 Å². The standard InChI is InChI=1S/C13H28N2/c1-11(2)9-12(3)15-8-4-5-13(10-15)6-7-14/h11-13H,4-10,14H2,1-3H3. The Hall–Kier alpha value is -0.0800. The van der Waals surface area contributed by atoms with Gasteiger partial charge in [0.2, 0.25) is 0 Å². The summed E-state index contributed by atoms with van der Waals surface area (Å²) in [7, 11) is 0. The molecule has 0 radical (unpaired) electrons. The Kier molecular flexibility index (Phi) is 5.62. The van der Waals surface area contributed by atoms with E-state index in [2.05, 4.69) is 25.7 Å². The highest BCUT2D eigenvalue weighted by Crippen LogP contribution is 2.22. The monoisotopic (exact) mass is 212 g/mol. The minimum Gasteiger partial charge on any atom is -0.330 e. The van der Waals surface area contributed by atoms with Crippen LogP contribution in [0.15, 0.2) is 0 Å². The first-order chi connectivity index (χ1) is 7.13. The van der Waals surface area contributed by atoms with E-state index in [-0.39, 0.29) is 0 Å². The van der Waals surface area contributed by atoms with E-state index >= 15 is 0 Å². The van der Waals surface area contributed by atoms with E-state index in [0.29, 0.717) is 0 Å². The number of hydrogen-bond acceptors (Lipinski definition) is 2. The molecule has 1 saturated heterocycles. The molecule has 90 valence electrons. The van der Waals surface area contributed by atoms with Crippen molar-refractivity contribution in [1.29, 1.82) is 0 Å². The molecular formula is C13H28N2. The Bertz CT molecular complexity index is 166. The minimum absolute atomic E-state index is 0.755. The molecule has 0 saturated carbocycles. The lowest BCUT2D eigenvalue weighted by Crippen LogP contribution is -2.42. The van der Waals surface area contributed by atoms with E-state index in [9.17, 15) is 0 Å². The van der Waals surface area contributed by atoms with E-state index in [4.69, 9.17) is 5.73 Å². The van der Waals surface area contributed by atoms with Crippen molar-refractivity contribution in [1.82, 2.24) is 4.90 Å². The number of nitrogens with two attached hydrogens (primary N) is 1. The largest absolute Gasteiger partial charge is 0.330 e. The average molecular weight is 212 g/mol. The maximum atomic E-state index is 5.64. The summed E-state index contributed by atoms with van der Waals surface area (Å²) in [5.74, 6) is 1.67. The average Bonchev–Trinajstić information content (AvgIpc) is 2.17. The Morgan fingerprint density at radius 3 is 2.67 bits per heavy atom. The van der Waals surface area contributed by atoms with Gasteiger partial charge in [0.1, 0.15) is 0 Å². The molecule has 1 heterocycles. The number of hydrogen-bond donors (Lipinski definition) is 1. The summed E-state index contributed by atoms with van der Waals surface area (Å²) < 4.78 is 0.